The van der Waals surface area contributed by atoms with Crippen LogP contribution >= 0.6 is 0 Å². The molecule has 0 spiro atoms. The number of rotatable bonds is 6. The van der Waals surface area contributed by atoms with E-state index in [2.05, 4.69) is 15.4 Å². The Morgan fingerprint density at radius 3 is 2.50 bits per heavy atom. The maximum Gasteiger partial charge on any atom is 0.261 e. The lowest BCUT2D eigenvalue weighted by Gasteiger charge is -2.17. The van der Waals surface area contributed by atoms with Crippen LogP contribution in [0.2, 0.25) is 0 Å². The summed E-state index contributed by atoms with van der Waals surface area (Å²) in [5.41, 5.74) is 6.10. The number of sulfonamides is 1. The molecule has 5 nitrogen and oxygen atoms in total. The first-order valence-electron chi connectivity index (χ1n) is 11.1. The van der Waals surface area contributed by atoms with Gasteiger partial charge in [0.25, 0.3) is 10.0 Å². The van der Waals surface area contributed by atoms with Crippen LogP contribution in [-0.4, -0.2) is 18.0 Å². The SMILES string of the molecule is Cn1c(CCc2ccccc2NS(=O)(=O)c2ccc3c(c2)CCCC3)nc2ccccc21. The highest BCUT2D eigenvalue weighted by molar-refractivity contribution is 7.92. The second-order valence-corrected chi connectivity index (χ2v) is 10.2. The third-order valence-electron chi connectivity index (χ3n) is 6.39. The van der Waals surface area contributed by atoms with Gasteiger partial charge in [-0.05, 0) is 79.1 Å². The number of benzene rings is 3. The topological polar surface area (TPSA) is 64.0 Å². The van der Waals surface area contributed by atoms with E-state index in [4.69, 9.17) is 4.98 Å². The molecule has 6 heteroatoms. The molecule has 0 atom stereocenters. The van der Waals surface area contributed by atoms with Crippen LogP contribution < -0.4 is 4.72 Å². The number of fused-ring (bicyclic) bond motifs is 2. The summed E-state index contributed by atoms with van der Waals surface area (Å²) in [6, 6.07) is 21.3. The highest BCUT2D eigenvalue weighted by Gasteiger charge is 2.19. The molecule has 32 heavy (non-hydrogen) atoms. The van der Waals surface area contributed by atoms with Crippen molar-refractivity contribution in [3.05, 3.63) is 89.2 Å². The van der Waals surface area contributed by atoms with Gasteiger partial charge in [0.2, 0.25) is 0 Å². The minimum absolute atomic E-state index is 0.336. The first kappa shape index (κ1) is 20.8. The molecule has 0 saturated carbocycles. The van der Waals surface area contributed by atoms with Gasteiger partial charge in [-0.2, -0.15) is 0 Å². The van der Waals surface area contributed by atoms with Gasteiger partial charge in [0.05, 0.1) is 21.6 Å². The van der Waals surface area contributed by atoms with E-state index in [0.717, 1.165) is 53.7 Å². The lowest BCUT2D eigenvalue weighted by Crippen LogP contribution is -2.16. The van der Waals surface area contributed by atoms with Crippen molar-refractivity contribution in [3.8, 4) is 0 Å². The monoisotopic (exact) mass is 445 g/mol. The van der Waals surface area contributed by atoms with E-state index in [1.807, 2.05) is 61.6 Å². The van der Waals surface area contributed by atoms with Crippen molar-refractivity contribution in [3.63, 3.8) is 0 Å². The molecular formula is C26H27N3O2S. The van der Waals surface area contributed by atoms with Crippen molar-refractivity contribution in [1.82, 2.24) is 9.55 Å². The van der Waals surface area contributed by atoms with Gasteiger partial charge in [-0.15, -0.1) is 0 Å². The summed E-state index contributed by atoms with van der Waals surface area (Å²) in [5, 5.41) is 0. The van der Waals surface area contributed by atoms with Crippen molar-refractivity contribution in [2.24, 2.45) is 7.05 Å². The molecule has 0 radical (unpaired) electrons. The third kappa shape index (κ3) is 4.02. The van der Waals surface area contributed by atoms with Crippen LogP contribution in [0.25, 0.3) is 11.0 Å². The highest BCUT2D eigenvalue weighted by atomic mass is 32.2. The van der Waals surface area contributed by atoms with Crippen LogP contribution in [0.15, 0.2) is 71.6 Å². The number of aryl methyl sites for hydroxylation is 5. The first-order valence-corrected chi connectivity index (χ1v) is 12.6. The number of anilines is 1. The van der Waals surface area contributed by atoms with Crippen molar-refractivity contribution in [2.75, 3.05) is 4.72 Å². The molecular weight excluding hydrogens is 418 g/mol. The fourth-order valence-corrected chi connectivity index (χ4v) is 5.74. The highest BCUT2D eigenvalue weighted by Crippen LogP contribution is 2.27. The second kappa shape index (κ2) is 8.43. The van der Waals surface area contributed by atoms with E-state index in [1.54, 1.807) is 6.07 Å². The van der Waals surface area contributed by atoms with Gasteiger partial charge in [0.15, 0.2) is 0 Å². The Kier molecular flexibility index (Phi) is 5.47. The van der Waals surface area contributed by atoms with Gasteiger partial charge >= 0.3 is 0 Å². The van der Waals surface area contributed by atoms with Gasteiger partial charge in [-0.25, -0.2) is 13.4 Å². The standard InChI is InChI=1S/C26H27N3O2S/c1-29-25-13-7-6-12-24(25)27-26(29)17-15-20-9-4-5-11-23(20)28-32(30,31)22-16-14-19-8-2-3-10-21(19)18-22/h4-7,9,11-14,16,18,28H,2-3,8,10,15,17H2,1H3. The van der Waals surface area contributed by atoms with Gasteiger partial charge in [-0.3, -0.25) is 4.72 Å². The third-order valence-corrected chi connectivity index (χ3v) is 7.75. The van der Waals surface area contributed by atoms with Crippen molar-refractivity contribution in [1.29, 1.82) is 0 Å². The normalized spacial score (nSPS) is 13.8. The van der Waals surface area contributed by atoms with Crippen LogP contribution in [0.4, 0.5) is 5.69 Å². The average Bonchev–Trinajstić information content (AvgIpc) is 3.13. The van der Waals surface area contributed by atoms with Crippen LogP contribution in [0.3, 0.4) is 0 Å². The van der Waals surface area contributed by atoms with E-state index in [-0.39, 0.29) is 0 Å². The number of imidazole rings is 1. The van der Waals surface area contributed by atoms with Crippen LogP contribution in [0.1, 0.15) is 35.4 Å². The van der Waals surface area contributed by atoms with Gasteiger partial charge in [0, 0.05) is 13.5 Å². The number of nitrogens with zero attached hydrogens (tertiary/aromatic N) is 2. The minimum Gasteiger partial charge on any atom is -0.331 e. The minimum atomic E-state index is -3.65. The van der Waals surface area contributed by atoms with E-state index >= 15 is 0 Å². The molecule has 0 amide bonds. The quantitative estimate of drug-likeness (QED) is 0.452. The Labute approximate surface area is 189 Å². The summed E-state index contributed by atoms with van der Waals surface area (Å²) in [6.07, 6.45) is 5.70. The Hall–Kier alpha value is -3.12. The molecule has 0 bridgehead atoms. The molecule has 1 aromatic heterocycles. The fraction of sp³-hybridized carbons (Fsp3) is 0.269. The van der Waals surface area contributed by atoms with Crippen LogP contribution in [0.5, 0.6) is 0 Å². The van der Waals surface area contributed by atoms with Gasteiger partial charge in [-0.1, -0.05) is 36.4 Å². The smallest absolute Gasteiger partial charge is 0.261 e. The largest absolute Gasteiger partial charge is 0.331 e. The summed E-state index contributed by atoms with van der Waals surface area (Å²) < 4.78 is 31.3. The number of aromatic nitrogens is 2. The summed E-state index contributed by atoms with van der Waals surface area (Å²) in [5.74, 6) is 0.985. The zero-order chi connectivity index (χ0) is 22.1. The van der Waals surface area contributed by atoms with Crippen LogP contribution in [0, 0.1) is 0 Å². The number of hydrogen-bond donors (Lipinski definition) is 1. The zero-order valence-electron chi connectivity index (χ0n) is 18.2. The molecule has 0 saturated heterocycles. The molecule has 4 aromatic rings. The number of nitrogens with one attached hydrogen (secondary N) is 1. The molecule has 1 N–H and O–H groups in total. The second-order valence-electron chi connectivity index (χ2n) is 8.48. The Bertz CT molecular complexity index is 1390. The molecule has 0 fully saturated rings. The maximum absolute atomic E-state index is 13.2. The first-order chi connectivity index (χ1) is 15.5. The maximum atomic E-state index is 13.2. The molecule has 5 rings (SSSR count). The molecule has 1 heterocycles. The summed E-state index contributed by atoms with van der Waals surface area (Å²) in [6.45, 7) is 0. The molecule has 0 aliphatic heterocycles. The van der Waals surface area contributed by atoms with E-state index in [1.165, 1.54) is 12.0 Å². The lowest BCUT2D eigenvalue weighted by molar-refractivity contribution is 0.600. The summed E-state index contributed by atoms with van der Waals surface area (Å²) in [4.78, 5) is 5.08. The van der Waals surface area contributed by atoms with Gasteiger partial charge < -0.3 is 4.57 Å². The number of para-hydroxylation sites is 3. The van der Waals surface area contributed by atoms with Crippen molar-refractivity contribution >= 4 is 26.7 Å². The Morgan fingerprint density at radius 2 is 1.66 bits per heavy atom. The molecule has 1 aliphatic carbocycles. The molecule has 3 aromatic carbocycles. The Balaban J connectivity index is 1.38. The Morgan fingerprint density at radius 1 is 0.906 bits per heavy atom. The van der Waals surface area contributed by atoms with E-state index in [0.29, 0.717) is 17.0 Å². The fourth-order valence-electron chi connectivity index (χ4n) is 4.58. The van der Waals surface area contributed by atoms with Gasteiger partial charge in [0.1, 0.15) is 5.82 Å². The molecule has 164 valence electrons. The summed E-state index contributed by atoms with van der Waals surface area (Å²) in [7, 11) is -1.63. The molecule has 0 unspecified atom stereocenters. The predicted molar refractivity (Wildman–Crippen MR) is 128 cm³/mol. The lowest BCUT2D eigenvalue weighted by atomic mass is 9.92. The van der Waals surface area contributed by atoms with E-state index < -0.39 is 10.0 Å². The number of hydrogen-bond acceptors (Lipinski definition) is 3. The molecule has 1 aliphatic rings. The van der Waals surface area contributed by atoms with Crippen molar-refractivity contribution in [2.45, 2.75) is 43.4 Å². The average molecular weight is 446 g/mol. The zero-order valence-corrected chi connectivity index (χ0v) is 19.0. The predicted octanol–water partition coefficient (Wildman–Crippen LogP) is 5.04. The summed E-state index contributed by atoms with van der Waals surface area (Å²) >= 11 is 0. The van der Waals surface area contributed by atoms with E-state index in [9.17, 15) is 8.42 Å². The van der Waals surface area contributed by atoms with Crippen LogP contribution in [-0.2, 0) is 42.8 Å². The van der Waals surface area contributed by atoms with Crippen molar-refractivity contribution < 1.29 is 8.42 Å².